The van der Waals surface area contributed by atoms with Gasteiger partial charge in [-0.3, -0.25) is 14.9 Å². The van der Waals surface area contributed by atoms with Crippen molar-refractivity contribution in [3.63, 3.8) is 0 Å². The van der Waals surface area contributed by atoms with Crippen LogP contribution in [0.3, 0.4) is 0 Å². The number of nitrogens with zero attached hydrogens (tertiary/aromatic N) is 3. The van der Waals surface area contributed by atoms with E-state index < -0.39 is 0 Å². The van der Waals surface area contributed by atoms with Gasteiger partial charge in [0.25, 0.3) is 0 Å². The number of hydrogen-bond acceptors (Lipinski definition) is 6. The van der Waals surface area contributed by atoms with Gasteiger partial charge < -0.3 is 10.2 Å². The molecule has 7 nitrogen and oxygen atoms in total. The molecule has 0 saturated carbocycles. The standard InChI is InChI=1S/C11H15N5O2/c1-2-12-3-8-4-13-11(14-5-8)16-6-9(17)15-10(18)7-16/h4-5,12H,2-3,6-7H2,1H3,(H,15,17,18). The second-order valence-corrected chi connectivity index (χ2v) is 4.00. The molecule has 2 heterocycles. The summed E-state index contributed by atoms with van der Waals surface area (Å²) in [5.74, 6) is -0.253. The van der Waals surface area contributed by atoms with Crippen LogP contribution in [0.1, 0.15) is 12.5 Å². The molecule has 2 amide bonds. The largest absolute Gasteiger partial charge is 0.322 e. The lowest BCUT2D eigenvalue weighted by Gasteiger charge is -2.25. The number of piperazine rings is 1. The van der Waals surface area contributed by atoms with E-state index in [1.807, 2.05) is 6.92 Å². The van der Waals surface area contributed by atoms with E-state index in [1.165, 1.54) is 0 Å². The van der Waals surface area contributed by atoms with E-state index in [4.69, 9.17) is 0 Å². The number of anilines is 1. The normalized spacial score (nSPS) is 15.7. The molecule has 0 atom stereocenters. The molecule has 0 aliphatic carbocycles. The molecule has 1 aliphatic heterocycles. The summed E-state index contributed by atoms with van der Waals surface area (Å²) in [4.78, 5) is 32.3. The number of hydrogen-bond donors (Lipinski definition) is 2. The van der Waals surface area contributed by atoms with Crippen LogP contribution in [0.15, 0.2) is 12.4 Å². The van der Waals surface area contributed by atoms with Crippen molar-refractivity contribution in [3.8, 4) is 0 Å². The molecule has 96 valence electrons. The molecule has 0 aromatic carbocycles. The van der Waals surface area contributed by atoms with Crippen LogP contribution in [-0.4, -0.2) is 41.4 Å². The summed E-state index contributed by atoms with van der Waals surface area (Å²) in [6.45, 7) is 3.82. The first kappa shape index (κ1) is 12.4. The van der Waals surface area contributed by atoms with Gasteiger partial charge in [0.1, 0.15) is 13.1 Å². The van der Waals surface area contributed by atoms with Gasteiger partial charge in [-0.15, -0.1) is 0 Å². The van der Waals surface area contributed by atoms with Crippen LogP contribution in [0.2, 0.25) is 0 Å². The number of rotatable bonds is 4. The molecular weight excluding hydrogens is 234 g/mol. The average molecular weight is 249 g/mol. The summed E-state index contributed by atoms with van der Waals surface area (Å²) >= 11 is 0. The highest BCUT2D eigenvalue weighted by molar-refractivity contribution is 6.02. The maximum atomic E-state index is 11.2. The van der Waals surface area contributed by atoms with Crippen molar-refractivity contribution in [1.29, 1.82) is 0 Å². The predicted molar refractivity (Wildman–Crippen MR) is 64.8 cm³/mol. The highest BCUT2D eigenvalue weighted by Gasteiger charge is 2.24. The number of imide groups is 1. The van der Waals surface area contributed by atoms with Gasteiger partial charge in [-0.25, -0.2) is 9.97 Å². The SMILES string of the molecule is CCNCc1cnc(N2CC(=O)NC(=O)C2)nc1. The summed E-state index contributed by atoms with van der Waals surface area (Å²) in [6.07, 6.45) is 3.39. The third-order valence-corrected chi connectivity index (χ3v) is 2.50. The molecule has 18 heavy (non-hydrogen) atoms. The van der Waals surface area contributed by atoms with Gasteiger partial charge >= 0.3 is 0 Å². The van der Waals surface area contributed by atoms with E-state index in [-0.39, 0.29) is 24.9 Å². The van der Waals surface area contributed by atoms with Crippen LogP contribution < -0.4 is 15.5 Å². The van der Waals surface area contributed by atoms with Gasteiger partial charge in [0.2, 0.25) is 17.8 Å². The van der Waals surface area contributed by atoms with Crippen molar-refractivity contribution in [2.75, 3.05) is 24.5 Å². The molecule has 1 aromatic heterocycles. The zero-order chi connectivity index (χ0) is 13.0. The molecule has 2 rings (SSSR count). The van der Waals surface area contributed by atoms with Crippen molar-refractivity contribution in [1.82, 2.24) is 20.6 Å². The quantitative estimate of drug-likeness (QED) is 0.669. The number of carbonyl (C=O) groups is 2. The average Bonchev–Trinajstić information content (AvgIpc) is 2.36. The Balaban J connectivity index is 2.04. The van der Waals surface area contributed by atoms with Crippen LogP contribution in [0.5, 0.6) is 0 Å². The molecular formula is C11H15N5O2. The van der Waals surface area contributed by atoms with Crippen LogP contribution in [0, 0.1) is 0 Å². The summed E-state index contributed by atoms with van der Waals surface area (Å²) < 4.78 is 0. The Kier molecular flexibility index (Phi) is 3.83. The Bertz CT molecular complexity index is 429. The number of aromatic nitrogens is 2. The van der Waals surface area contributed by atoms with Crippen molar-refractivity contribution in [2.24, 2.45) is 0 Å². The molecule has 1 fully saturated rings. The second-order valence-electron chi connectivity index (χ2n) is 4.00. The monoisotopic (exact) mass is 249 g/mol. The minimum Gasteiger partial charge on any atom is -0.322 e. The Morgan fingerprint density at radius 2 is 1.89 bits per heavy atom. The van der Waals surface area contributed by atoms with Crippen LogP contribution in [0.25, 0.3) is 0 Å². The van der Waals surface area contributed by atoms with Crippen LogP contribution in [-0.2, 0) is 16.1 Å². The van der Waals surface area contributed by atoms with E-state index >= 15 is 0 Å². The van der Waals surface area contributed by atoms with E-state index in [9.17, 15) is 9.59 Å². The maximum absolute atomic E-state index is 11.2. The van der Waals surface area contributed by atoms with Gasteiger partial charge in [0.05, 0.1) is 0 Å². The Morgan fingerprint density at radius 1 is 1.28 bits per heavy atom. The highest BCUT2D eigenvalue weighted by atomic mass is 16.2. The van der Waals surface area contributed by atoms with Crippen molar-refractivity contribution >= 4 is 17.8 Å². The number of amides is 2. The van der Waals surface area contributed by atoms with Crippen molar-refractivity contribution in [3.05, 3.63) is 18.0 Å². The second kappa shape index (κ2) is 5.54. The molecule has 0 bridgehead atoms. The lowest BCUT2D eigenvalue weighted by molar-refractivity contribution is -0.130. The highest BCUT2D eigenvalue weighted by Crippen LogP contribution is 2.08. The van der Waals surface area contributed by atoms with E-state index in [0.29, 0.717) is 12.5 Å². The van der Waals surface area contributed by atoms with Gasteiger partial charge in [0, 0.05) is 24.5 Å². The zero-order valence-corrected chi connectivity index (χ0v) is 10.1. The van der Waals surface area contributed by atoms with E-state index in [0.717, 1.165) is 12.1 Å². The first-order chi connectivity index (χ1) is 8.69. The fourth-order valence-electron chi connectivity index (χ4n) is 1.65. The molecule has 1 aromatic rings. The number of carbonyl (C=O) groups excluding carboxylic acids is 2. The van der Waals surface area contributed by atoms with Crippen LogP contribution in [0.4, 0.5) is 5.95 Å². The third-order valence-electron chi connectivity index (χ3n) is 2.50. The first-order valence-electron chi connectivity index (χ1n) is 5.78. The molecule has 7 heteroatoms. The lowest BCUT2D eigenvalue weighted by atomic mass is 10.3. The summed E-state index contributed by atoms with van der Waals surface area (Å²) in [5, 5.41) is 5.40. The van der Waals surface area contributed by atoms with Gasteiger partial charge in [-0.05, 0) is 6.54 Å². The Labute approximate surface area is 105 Å². The number of nitrogens with one attached hydrogen (secondary N) is 2. The smallest absolute Gasteiger partial charge is 0.246 e. The lowest BCUT2D eigenvalue weighted by Crippen LogP contribution is -2.52. The fraction of sp³-hybridized carbons (Fsp3) is 0.455. The molecule has 0 radical (unpaired) electrons. The maximum Gasteiger partial charge on any atom is 0.246 e. The van der Waals surface area contributed by atoms with Crippen molar-refractivity contribution < 1.29 is 9.59 Å². The third kappa shape index (κ3) is 3.01. The molecule has 1 aliphatic rings. The molecule has 0 unspecified atom stereocenters. The molecule has 2 N–H and O–H groups in total. The molecule has 1 saturated heterocycles. The van der Waals surface area contributed by atoms with Gasteiger partial charge in [-0.2, -0.15) is 0 Å². The first-order valence-corrected chi connectivity index (χ1v) is 5.78. The van der Waals surface area contributed by atoms with Crippen molar-refractivity contribution in [2.45, 2.75) is 13.5 Å². The summed E-state index contributed by atoms with van der Waals surface area (Å²) in [5.41, 5.74) is 0.966. The minimum absolute atomic E-state index is 0.109. The Morgan fingerprint density at radius 3 is 2.44 bits per heavy atom. The van der Waals surface area contributed by atoms with E-state index in [1.54, 1.807) is 17.3 Å². The van der Waals surface area contributed by atoms with Gasteiger partial charge in [-0.1, -0.05) is 6.92 Å². The Hall–Kier alpha value is -2.02. The van der Waals surface area contributed by atoms with E-state index in [2.05, 4.69) is 20.6 Å². The summed E-state index contributed by atoms with van der Waals surface area (Å²) in [6, 6.07) is 0. The summed E-state index contributed by atoms with van der Waals surface area (Å²) in [7, 11) is 0. The van der Waals surface area contributed by atoms with Gasteiger partial charge in [0.15, 0.2) is 0 Å². The predicted octanol–water partition coefficient (Wildman–Crippen LogP) is -0.951. The topological polar surface area (TPSA) is 87.2 Å². The molecule has 0 spiro atoms. The van der Waals surface area contributed by atoms with Crippen LogP contribution >= 0.6 is 0 Å². The fourth-order valence-corrected chi connectivity index (χ4v) is 1.65. The minimum atomic E-state index is -0.327. The zero-order valence-electron chi connectivity index (χ0n) is 10.1.